The third-order valence-corrected chi connectivity index (χ3v) is 5.16. The van der Waals surface area contributed by atoms with Crippen molar-refractivity contribution < 1.29 is 14.3 Å². The third-order valence-electron chi connectivity index (χ3n) is 4.89. The minimum atomic E-state index is -0.282. The molecule has 1 amide bonds. The lowest BCUT2D eigenvalue weighted by Gasteiger charge is -2.23. The van der Waals surface area contributed by atoms with Crippen LogP contribution in [0.3, 0.4) is 0 Å². The number of hydrogen-bond acceptors (Lipinski definition) is 5. The fourth-order valence-electron chi connectivity index (χ4n) is 3.32. The van der Waals surface area contributed by atoms with Gasteiger partial charge in [0.25, 0.3) is 5.91 Å². The number of nitrogens with zero attached hydrogens (tertiary/aromatic N) is 3. The van der Waals surface area contributed by atoms with Crippen molar-refractivity contribution in [3.05, 3.63) is 76.8 Å². The van der Waals surface area contributed by atoms with E-state index in [0.717, 1.165) is 28.2 Å². The van der Waals surface area contributed by atoms with E-state index in [4.69, 9.17) is 21.1 Å². The van der Waals surface area contributed by atoms with Crippen molar-refractivity contribution in [3.8, 4) is 11.5 Å². The average Bonchev–Trinajstić information content (AvgIpc) is 3.16. The van der Waals surface area contributed by atoms with E-state index in [9.17, 15) is 4.79 Å². The second-order valence-corrected chi connectivity index (χ2v) is 7.31. The Morgan fingerprint density at radius 1 is 1.03 bits per heavy atom. The van der Waals surface area contributed by atoms with E-state index < -0.39 is 0 Å². The lowest BCUT2D eigenvalue weighted by atomic mass is 10.1. The number of ether oxygens (including phenoxy) is 2. The van der Waals surface area contributed by atoms with Gasteiger partial charge in [0, 0.05) is 5.69 Å². The summed E-state index contributed by atoms with van der Waals surface area (Å²) < 4.78 is 10.4. The maximum Gasteiger partial charge on any atom is 0.277 e. The van der Waals surface area contributed by atoms with Crippen molar-refractivity contribution in [1.82, 2.24) is 15.0 Å². The standard InChI is InChI=1S/C23H21ClN4O3/c1-14-25-18-9-6-16(12-20(18)26-14)28(13-15-4-7-17(30-2)8-5-15)23(29)19-10-11-21(31-3)22(24)27-19/h4-12H,13H2,1-3H3,(H,25,26). The zero-order valence-corrected chi connectivity index (χ0v) is 18.1. The number of fused-ring (bicyclic) bond motifs is 1. The van der Waals surface area contributed by atoms with Crippen molar-refractivity contribution >= 4 is 34.2 Å². The van der Waals surface area contributed by atoms with Gasteiger partial charge >= 0.3 is 0 Å². The first-order valence-corrected chi connectivity index (χ1v) is 9.98. The number of pyridine rings is 1. The lowest BCUT2D eigenvalue weighted by Crippen LogP contribution is -2.31. The van der Waals surface area contributed by atoms with E-state index in [-0.39, 0.29) is 16.8 Å². The summed E-state index contributed by atoms with van der Waals surface area (Å²) in [6.45, 7) is 2.23. The van der Waals surface area contributed by atoms with Crippen LogP contribution in [-0.4, -0.2) is 35.1 Å². The minimum absolute atomic E-state index is 0.136. The molecule has 0 aliphatic carbocycles. The van der Waals surface area contributed by atoms with E-state index in [2.05, 4.69) is 15.0 Å². The molecule has 0 radical (unpaired) electrons. The topological polar surface area (TPSA) is 80.3 Å². The number of carbonyl (C=O) groups excluding carboxylic acids is 1. The Bertz CT molecular complexity index is 1240. The van der Waals surface area contributed by atoms with Crippen LogP contribution in [0.4, 0.5) is 5.69 Å². The molecule has 0 fully saturated rings. The Labute approximate surface area is 184 Å². The number of aromatic nitrogens is 3. The number of imidazole rings is 1. The summed E-state index contributed by atoms with van der Waals surface area (Å²) in [4.78, 5) is 27.0. The highest BCUT2D eigenvalue weighted by atomic mass is 35.5. The molecule has 0 bridgehead atoms. The van der Waals surface area contributed by atoms with E-state index in [0.29, 0.717) is 18.0 Å². The van der Waals surface area contributed by atoms with Gasteiger partial charge in [-0.15, -0.1) is 0 Å². The first-order chi connectivity index (χ1) is 15.0. The molecule has 7 nitrogen and oxygen atoms in total. The molecular formula is C23H21ClN4O3. The Morgan fingerprint density at radius 3 is 2.48 bits per heavy atom. The van der Waals surface area contributed by atoms with Gasteiger partial charge in [-0.3, -0.25) is 4.79 Å². The van der Waals surface area contributed by atoms with E-state index in [1.807, 2.05) is 49.4 Å². The van der Waals surface area contributed by atoms with Crippen LogP contribution in [0, 0.1) is 6.92 Å². The lowest BCUT2D eigenvalue weighted by molar-refractivity contribution is 0.0980. The van der Waals surface area contributed by atoms with Gasteiger partial charge < -0.3 is 19.4 Å². The molecule has 4 rings (SSSR count). The summed E-state index contributed by atoms with van der Waals surface area (Å²) in [6.07, 6.45) is 0. The fraction of sp³-hybridized carbons (Fsp3) is 0.174. The number of anilines is 1. The van der Waals surface area contributed by atoms with Gasteiger partial charge in [0.15, 0.2) is 10.9 Å². The number of benzene rings is 2. The second kappa shape index (κ2) is 8.65. The normalized spacial score (nSPS) is 10.8. The summed E-state index contributed by atoms with van der Waals surface area (Å²) in [7, 11) is 3.12. The molecule has 158 valence electrons. The summed E-state index contributed by atoms with van der Waals surface area (Å²) in [5, 5.41) is 0.136. The highest BCUT2D eigenvalue weighted by Crippen LogP contribution is 2.27. The number of amides is 1. The summed E-state index contributed by atoms with van der Waals surface area (Å²) in [5.41, 5.74) is 3.56. The van der Waals surface area contributed by atoms with Crippen molar-refractivity contribution in [1.29, 1.82) is 0 Å². The first kappa shape index (κ1) is 20.7. The highest BCUT2D eigenvalue weighted by Gasteiger charge is 2.21. The zero-order chi connectivity index (χ0) is 22.0. The van der Waals surface area contributed by atoms with Crippen molar-refractivity contribution in [2.45, 2.75) is 13.5 Å². The van der Waals surface area contributed by atoms with Gasteiger partial charge in [0.05, 0.1) is 31.8 Å². The molecule has 2 heterocycles. The molecule has 0 saturated carbocycles. The largest absolute Gasteiger partial charge is 0.497 e. The molecule has 0 unspecified atom stereocenters. The van der Waals surface area contributed by atoms with Crippen molar-refractivity contribution in [2.24, 2.45) is 0 Å². The number of rotatable bonds is 6. The fourth-order valence-corrected chi connectivity index (χ4v) is 3.55. The van der Waals surface area contributed by atoms with E-state index in [1.54, 1.807) is 24.1 Å². The second-order valence-electron chi connectivity index (χ2n) is 6.95. The smallest absolute Gasteiger partial charge is 0.277 e. The Hall–Kier alpha value is -3.58. The number of aryl methyl sites for hydroxylation is 1. The zero-order valence-electron chi connectivity index (χ0n) is 17.3. The molecule has 0 atom stereocenters. The van der Waals surface area contributed by atoms with Crippen molar-refractivity contribution in [3.63, 3.8) is 0 Å². The van der Waals surface area contributed by atoms with Gasteiger partial charge in [-0.1, -0.05) is 23.7 Å². The molecule has 0 aliphatic rings. The molecule has 2 aromatic heterocycles. The van der Waals surface area contributed by atoms with E-state index in [1.165, 1.54) is 7.11 Å². The van der Waals surface area contributed by atoms with Crippen LogP contribution in [0.2, 0.25) is 5.15 Å². The number of aromatic amines is 1. The maximum atomic E-state index is 13.5. The number of hydrogen-bond donors (Lipinski definition) is 1. The van der Waals surface area contributed by atoms with Crippen LogP contribution < -0.4 is 14.4 Å². The number of halogens is 1. The average molecular weight is 437 g/mol. The Morgan fingerprint density at radius 2 is 1.81 bits per heavy atom. The SMILES string of the molecule is COc1ccc(CN(C(=O)c2ccc(OC)c(Cl)n2)c2ccc3nc(C)[nH]c3c2)cc1. The molecule has 8 heteroatoms. The van der Waals surface area contributed by atoms with Crippen LogP contribution >= 0.6 is 11.6 Å². The molecule has 0 saturated heterocycles. The van der Waals surface area contributed by atoms with Crippen LogP contribution in [0.15, 0.2) is 54.6 Å². The van der Waals surface area contributed by atoms with Crippen LogP contribution in [0.1, 0.15) is 21.9 Å². The van der Waals surface area contributed by atoms with Gasteiger partial charge in [0.2, 0.25) is 0 Å². The quantitative estimate of drug-likeness (QED) is 0.440. The predicted molar refractivity (Wildman–Crippen MR) is 120 cm³/mol. The molecule has 1 N–H and O–H groups in total. The number of carbonyl (C=O) groups is 1. The van der Waals surface area contributed by atoms with Gasteiger partial charge in [-0.25, -0.2) is 9.97 Å². The maximum absolute atomic E-state index is 13.5. The monoisotopic (exact) mass is 436 g/mol. The first-order valence-electron chi connectivity index (χ1n) is 9.60. The third kappa shape index (κ3) is 4.32. The van der Waals surface area contributed by atoms with Crippen LogP contribution in [0.25, 0.3) is 11.0 Å². The van der Waals surface area contributed by atoms with Crippen LogP contribution in [-0.2, 0) is 6.54 Å². The molecule has 0 spiro atoms. The van der Waals surface area contributed by atoms with Gasteiger partial charge in [0.1, 0.15) is 17.3 Å². The highest BCUT2D eigenvalue weighted by molar-refractivity contribution is 6.31. The Balaban J connectivity index is 1.74. The Kier molecular flexibility index (Phi) is 5.77. The number of H-pyrrole nitrogens is 1. The number of methoxy groups -OCH3 is 2. The predicted octanol–water partition coefficient (Wildman–Crippen LogP) is 4.78. The minimum Gasteiger partial charge on any atom is -0.497 e. The van der Waals surface area contributed by atoms with Gasteiger partial charge in [-0.2, -0.15) is 0 Å². The molecule has 31 heavy (non-hydrogen) atoms. The van der Waals surface area contributed by atoms with Gasteiger partial charge in [-0.05, 0) is 55.0 Å². The summed E-state index contributed by atoms with van der Waals surface area (Å²) in [6, 6.07) is 16.5. The van der Waals surface area contributed by atoms with Crippen LogP contribution in [0.5, 0.6) is 11.5 Å². The summed E-state index contributed by atoms with van der Waals surface area (Å²) in [5.74, 6) is 1.69. The van der Waals surface area contributed by atoms with Crippen molar-refractivity contribution in [2.75, 3.05) is 19.1 Å². The molecule has 2 aromatic carbocycles. The summed E-state index contributed by atoms with van der Waals surface area (Å²) >= 11 is 6.16. The molecule has 0 aliphatic heterocycles. The number of nitrogens with one attached hydrogen (secondary N) is 1. The van der Waals surface area contributed by atoms with E-state index >= 15 is 0 Å². The molecular weight excluding hydrogens is 416 g/mol. The molecule has 4 aromatic rings.